The van der Waals surface area contributed by atoms with Crippen molar-refractivity contribution in [3.8, 4) is 5.75 Å². The van der Waals surface area contributed by atoms with Crippen molar-refractivity contribution < 1.29 is 5.11 Å². The fraction of sp³-hybridized carbons (Fsp3) is 0.364. The Hall–Kier alpha value is -2.10. The van der Waals surface area contributed by atoms with Gasteiger partial charge in [0.05, 0.1) is 6.04 Å². The Labute approximate surface area is 151 Å². The molecule has 3 atom stereocenters. The van der Waals surface area contributed by atoms with Gasteiger partial charge in [-0.15, -0.1) is 6.58 Å². The first-order valence-corrected chi connectivity index (χ1v) is 9.04. The van der Waals surface area contributed by atoms with Gasteiger partial charge in [-0.2, -0.15) is 0 Å². The van der Waals surface area contributed by atoms with Gasteiger partial charge in [-0.3, -0.25) is 9.80 Å². The second kappa shape index (κ2) is 7.85. The number of nitrogens with zero attached hydrogens (tertiary/aromatic N) is 2. The molecular formula is C22H28N2O. The smallest absolute Gasteiger partial charge is 0.115 e. The molecule has 1 aliphatic rings. The molecule has 3 heteroatoms. The topological polar surface area (TPSA) is 26.7 Å². The molecule has 0 spiro atoms. The molecule has 3 unspecified atom stereocenters. The molecule has 0 aliphatic carbocycles. The van der Waals surface area contributed by atoms with Crippen molar-refractivity contribution >= 4 is 0 Å². The van der Waals surface area contributed by atoms with E-state index < -0.39 is 0 Å². The third-order valence-corrected chi connectivity index (χ3v) is 5.16. The lowest BCUT2D eigenvalue weighted by molar-refractivity contribution is 0.0306. The predicted octanol–water partition coefficient (Wildman–Crippen LogP) is 4.06. The maximum Gasteiger partial charge on any atom is 0.115 e. The van der Waals surface area contributed by atoms with Crippen LogP contribution in [0.3, 0.4) is 0 Å². The largest absolute Gasteiger partial charge is 0.508 e. The van der Waals surface area contributed by atoms with Gasteiger partial charge in [0.25, 0.3) is 0 Å². The highest BCUT2D eigenvalue weighted by Gasteiger charge is 2.34. The summed E-state index contributed by atoms with van der Waals surface area (Å²) in [6.07, 6.45) is 1.99. The van der Waals surface area contributed by atoms with Crippen molar-refractivity contribution in [2.24, 2.45) is 0 Å². The van der Waals surface area contributed by atoms with Crippen molar-refractivity contribution in [3.63, 3.8) is 0 Å². The van der Waals surface area contributed by atoms with Gasteiger partial charge in [0, 0.05) is 31.7 Å². The summed E-state index contributed by atoms with van der Waals surface area (Å²) in [4.78, 5) is 5.05. The first-order chi connectivity index (χ1) is 12.1. The standard InChI is InChI=1S/C22H28N2O/c1-4-13-23-15-18(3)24(16-17(23)2)22(19-9-6-5-7-10-19)20-11-8-12-21(25)14-20/h4-12,14,17-18,22,25H,1,13,15-16H2,2-3H3. The number of piperazine rings is 1. The molecular weight excluding hydrogens is 308 g/mol. The van der Waals surface area contributed by atoms with Crippen molar-refractivity contribution in [2.45, 2.75) is 32.0 Å². The molecule has 1 fully saturated rings. The van der Waals surface area contributed by atoms with E-state index in [0.717, 1.165) is 25.2 Å². The maximum absolute atomic E-state index is 10.00. The number of phenols is 1. The van der Waals surface area contributed by atoms with E-state index in [-0.39, 0.29) is 6.04 Å². The van der Waals surface area contributed by atoms with E-state index in [4.69, 9.17) is 0 Å². The van der Waals surface area contributed by atoms with Gasteiger partial charge in [-0.25, -0.2) is 0 Å². The zero-order valence-electron chi connectivity index (χ0n) is 15.2. The summed E-state index contributed by atoms with van der Waals surface area (Å²) in [5.41, 5.74) is 2.41. The van der Waals surface area contributed by atoms with Crippen molar-refractivity contribution in [2.75, 3.05) is 19.6 Å². The average molecular weight is 336 g/mol. The minimum absolute atomic E-state index is 0.150. The third-order valence-electron chi connectivity index (χ3n) is 5.16. The number of hydrogen-bond acceptors (Lipinski definition) is 3. The molecule has 3 rings (SSSR count). The fourth-order valence-corrected chi connectivity index (χ4v) is 3.91. The van der Waals surface area contributed by atoms with Gasteiger partial charge < -0.3 is 5.11 Å². The molecule has 3 nitrogen and oxygen atoms in total. The molecule has 2 aromatic carbocycles. The highest BCUT2D eigenvalue weighted by atomic mass is 16.3. The molecule has 0 aromatic heterocycles. The van der Waals surface area contributed by atoms with Crippen molar-refractivity contribution in [3.05, 3.63) is 78.4 Å². The molecule has 1 saturated heterocycles. The Morgan fingerprint density at radius 3 is 2.44 bits per heavy atom. The zero-order valence-corrected chi connectivity index (χ0v) is 15.2. The van der Waals surface area contributed by atoms with Crippen LogP contribution in [0.5, 0.6) is 5.75 Å². The van der Waals surface area contributed by atoms with Crippen molar-refractivity contribution in [1.29, 1.82) is 0 Å². The summed E-state index contributed by atoms with van der Waals surface area (Å²) in [5.74, 6) is 0.324. The molecule has 0 bridgehead atoms. The van der Waals surface area contributed by atoms with Crippen LogP contribution >= 0.6 is 0 Å². The minimum Gasteiger partial charge on any atom is -0.508 e. The second-order valence-corrected chi connectivity index (χ2v) is 7.05. The van der Waals surface area contributed by atoms with Crippen LogP contribution in [-0.4, -0.2) is 46.6 Å². The number of hydrogen-bond donors (Lipinski definition) is 1. The summed E-state index contributed by atoms with van der Waals surface area (Å²) in [7, 11) is 0. The summed E-state index contributed by atoms with van der Waals surface area (Å²) in [5, 5.41) is 10.00. The molecule has 1 N–H and O–H groups in total. The number of benzene rings is 2. The van der Waals surface area contributed by atoms with Crippen LogP contribution in [-0.2, 0) is 0 Å². The van der Waals surface area contributed by atoms with E-state index >= 15 is 0 Å². The highest BCUT2D eigenvalue weighted by Crippen LogP contribution is 2.34. The van der Waals surface area contributed by atoms with E-state index in [1.807, 2.05) is 18.2 Å². The van der Waals surface area contributed by atoms with Gasteiger partial charge in [0.1, 0.15) is 5.75 Å². The number of phenolic OH excluding ortho intramolecular Hbond substituents is 1. The van der Waals surface area contributed by atoms with Crippen LogP contribution in [0.25, 0.3) is 0 Å². The van der Waals surface area contributed by atoms with Gasteiger partial charge in [0.2, 0.25) is 0 Å². The lowest BCUT2D eigenvalue weighted by Crippen LogP contribution is -2.57. The monoisotopic (exact) mass is 336 g/mol. The Bertz CT molecular complexity index is 700. The Balaban J connectivity index is 1.96. The van der Waals surface area contributed by atoms with Crippen LogP contribution in [0, 0.1) is 0 Å². The lowest BCUT2D eigenvalue weighted by atomic mass is 9.93. The molecule has 0 radical (unpaired) electrons. The zero-order chi connectivity index (χ0) is 17.8. The third kappa shape index (κ3) is 3.94. The average Bonchev–Trinajstić information content (AvgIpc) is 2.60. The summed E-state index contributed by atoms with van der Waals surface area (Å²) in [6, 6.07) is 19.3. The molecule has 132 valence electrons. The summed E-state index contributed by atoms with van der Waals surface area (Å²) >= 11 is 0. The molecule has 0 saturated carbocycles. The van der Waals surface area contributed by atoms with E-state index in [0.29, 0.717) is 17.8 Å². The van der Waals surface area contributed by atoms with Gasteiger partial charge >= 0.3 is 0 Å². The van der Waals surface area contributed by atoms with E-state index in [2.05, 4.69) is 66.6 Å². The van der Waals surface area contributed by atoms with Gasteiger partial charge in [0.15, 0.2) is 0 Å². The summed E-state index contributed by atoms with van der Waals surface area (Å²) < 4.78 is 0. The highest BCUT2D eigenvalue weighted by molar-refractivity contribution is 5.36. The number of rotatable bonds is 5. The Morgan fingerprint density at radius 2 is 1.76 bits per heavy atom. The molecule has 0 amide bonds. The molecule has 25 heavy (non-hydrogen) atoms. The maximum atomic E-state index is 10.00. The first-order valence-electron chi connectivity index (χ1n) is 9.04. The van der Waals surface area contributed by atoms with Crippen LogP contribution in [0.2, 0.25) is 0 Å². The van der Waals surface area contributed by atoms with Crippen LogP contribution in [0.1, 0.15) is 31.0 Å². The lowest BCUT2D eigenvalue weighted by Gasteiger charge is -2.47. The predicted molar refractivity (Wildman–Crippen MR) is 104 cm³/mol. The van der Waals surface area contributed by atoms with Crippen LogP contribution < -0.4 is 0 Å². The van der Waals surface area contributed by atoms with Gasteiger partial charge in [-0.05, 0) is 37.1 Å². The Morgan fingerprint density at radius 1 is 1.04 bits per heavy atom. The fourth-order valence-electron chi connectivity index (χ4n) is 3.91. The molecule has 1 aliphatic heterocycles. The molecule has 1 heterocycles. The molecule has 2 aromatic rings. The first kappa shape index (κ1) is 17.7. The number of aromatic hydroxyl groups is 1. The summed E-state index contributed by atoms with van der Waals surface area (Å²) in [6.45, 7) is 11.4. The minimum atomic E-state index is 0.150. The Kier molecular flexibility index (Phi) is 5.57. The normalized spacial score (nSPS) is 23.3. The van der Waals surface area contributed by atoms with Gasteiger partial charge in [-0.1, -0.05) is 48.5 Å². The SMILES string of the molecule is C=CCN1CC(C)N(C(c2ccccc2)c2cccc(O)c2)CC1C. The second-order valence-electron chi connectivity index (χ2n) is 7.05. The van der Waals surface area contributed by atoms with E-state index in [1.165, 1.54) is 5.56 Å². The van der Waals surface area contributed by atoms with E-state index in [9.17, 15) is 5.11 Å². The van der Waals surface area contributed by atoms with Crippen LogP contribution in [0.4, 0.5) is 0 Å². The van der Waals surface area contributed by atoms with E-state index in [1.54, 1.807) is 6.07 Å². The van der Waals surface area contributed by atoms with Crippen LogP contribution in [0.15, 0.2) is 67.3 Å². The van der Waals surface area contributed by atoms with Crippen molar-refractivity contribution in [1.82, 2.24) is 9.80 Å². The quantitative estimate of drug-likeness (QED) is 0.834.